The summed E-state index contributed by atoms with van der Waals surface area (Å²) in [6.07, 6.45) is 21.3. The number of nitrogens with zero attached hydrogens (tertiary/aromatic N) is 4. The van der Waals surface area contributed by atoms with Crippen molar-refractivity contribution in [3.63, 3.8) is 0 Å². The van der Waals surface area contributed by atoms with Crippen molar-refractivity contribution in [1.82, 2.24) is 14.5 Å². The number of fused-ring (bicyclic) bond motifs is 9. The molecule has 2 atom stereocenters. The summed E-state index contributed by atoms with van der Waals surface area (Å²) < 4.78 is 4.85. The van der Waals surface area contributed by atoms with E-state index >= 15 is 0 Å². The van der Waals surface area contributed by atoms with Crippen molar-refractivity contribution in [1.29, 1.82) is 0 Å². The number of para-hydroxylation sites is 1. The summed E-state index contributed by atoms with van der Waals surface area (Å²) >= 11 is 0. The zero-order valence-corrected chi connectivity index (χ0v) is 30.2. The molecule has 3 heterocycles. The lowest BCUT2D eigenvalue weighted by molar-refractivity contribution is 0.661. The van der Waals surface area contributed by atoms with Gasteiger partial charge in [0.1, 0.15) is 5.84 Å². The van der Waals surface area contributed by atoms with E-state index in [2.05, 4.69) is 162 Å². The van der Waals surface area contributed by atoms with Crippen molar-refractivity contribution in [3.05, 3.63) is 161 Å². The maximum absolute atomic E-state index is 5.42. The minimum atomic E-state index is -0.359. The molecule has 1 aliphatic heterocycles. The third kappa shape index (κ3) is 4.56. The maximum atomic E-state index is 5.42. The van der Waals surface area contributed by atoms with Crippen LogP contribution in [-0.4, -0.2) is 20.9 Å². The first-order valence-electron chi connectivity index (χ1n) is 19.2. The minimum Gasteiger partial charge on any atom is -0.313 e. The van der Waals surface area contributed by atoms with Crippen LogP contribution in [-0.2, 0) is 18.3 Å². The van der Waals surface area contributed by atoms with Crippen LogP contribution in [0.5, 0.6) is 0 Å². The molecule has 5 nitrogen and oxygen atoms in total. The molecule has 53 heavy (non-hydrogen) atoms. The average Bonchev–Trinajstić information content (AvgIpc) is 3.80. The number of allylic oxidation sites excluding steroid dienone is 5. The molecule has 0 amide bonds. The van der Waals surface area contributed by atoms with Crippen LogP contribution in [0.15, 0.2) is 131 Å². The van der Waals surface area contributed by atoms with Crippen LogP contribution in [0.25, 0.3) is 50.8 Å². The maximum Gasteiger partial charge on any atom is 0.211 e. The largest absolute Gasteiger partial charge is 0.313 e. The summed E-state index contributed by atoms with van der Waals surface area (Å²) in [5, 5.41) is 6.33. The SMILES string of the molecule is CC1(C)c2ccccc2-c2cc3c4ccccc4n(C4=NC(c5ccccc5)N=C(C5C=Cc6c(c7c(n6C6=CCCC=C6)C=CCC7)C5)N4)c3cc21. The van der Waals surface area contributed by atoms with Gasteiger partial charge >= 0.3 is 0 Å². The van der Waals surface area contributed by atoms with E-state index in [1.165, 1.54) is 66.8 Å². The molecule has 4 aromatic carbocycles. The highest BCUT2D eigenvalue weighted by molar-refractivity contribution is 6.18. The number of benzene rings is 4. The normalized spacial score (nSPS) is 20.7. The van der Waals surface area contributed by atoms with Crippen molar-refractivity contribution in [2.75, 3.05) is 0 Å². The number of hydrogen-bond donors (Lipinski definition) is 1. The highest BCUT2D eigenvalue weighted by Crippen LogP contribution is 2.51. The summed E-state index contributed by atoms with van der Waals surface area (Å²) in [7, 11) is 0. The molecular formula is C48H41N5. The topological polar surface area (TPSA) is 46.6 Å². The number of aromatic nitrogens is 2. The van der Waals surface area contributed by atoms with Crippen LogP contribution >= 0.6 is 0 Å². The van der Waals surface area contributed by atoms with Gasteiger partial charge in [-0.25, -0.2) is 9.98 Å². The van der Waals surface area contributed by atoms with E-state index in [0.29, 0.717) is 0 Å². The molecule has 0 bridgehead atoms. The number of nitrogens with one attached hydrogen (secondary N) is 1. The second-order valence-corrected chi connectivity index (χ2v) is 15.6. The molecule has 2 aromatic heterocycles. The first-order chi connectivity index (χ1) is 26.0. The Morgan fingerprint density at radius 1 is 0.679 bits per heavy atom. The van der Waals surface area contributed by atoms with Crippen LogP contribution in [0.1, 0.15) is 78.5 Å². The molecule has 5 aliphatic rings. The Labute approximate surface area is 310 Å². The van der Waals surface area contributed by atoms with E-state index in [-0.39, 0.29) is 17.5 Å². The van der Waals surface area contributed by atoms with Crippen molar-refractivity contribution < 1.29 is 0 Å². The van der Waals surface area contributed by atoms with E-state index in [1.807, 2.05) is 0 Å². The number of rotatable bonds is 3. The summed E-state index contributed by atoms with van der Waals surface area (Å²) in [5.74, 6) is 1.88. The Morgan fingerprint density at radius 3 is 2.38 bits per heavy atom. The van der Waals surface area contributed by atoms with Gasteiger partial charge in [-0.3, -0.25) is 4.57 Å². The Hall–Kier alpha value is -5.94. The van der Waals surface area contributed by atoms with Gasteiger partial charge in [-0.2, -0.15) is 0 Å². The van der Waals surface area contributed by atoms with E-state index in [9.17, 15) is 0 Å². The second-order valence-electron chi connectivity index (χ2n) is 15.6. The fraction of sp³-hybridized carbons (Fsp3) is 0.208. The van der Waals surface area contributed by atoms with E-state index in [0.717, 1.165) is 55.0 Å². The van der Waals surface area contributed by atoms with Gasteiger partial charge in [0.05, 0.1) is 11.0 Å². The lowest BCUT2D eigenvalue weighted by Gasteiger charge is -2.28. The van der Waals surface area contributed by atoms with Crippen LogP contribution in [0.2, 0.25) is 0 Å². The summed E-state index contributed by atoms with van der Waals surface area (Å²) in [6, 6.07) is 33.1. The van der Waals surface area contributed by atoms with Gasteiger partial charge in [0, 0.05) is 39.2 Å². The van der Waals surface area contributed by atoms with E-state index in [1.54, 1.807) is 0 Å². The molecule has 0 spiro atoms. The molecule has 2 unspecified atom stereocenters. The number of aliphatic imine (C=N–C) groups is 2. The Kier molecular flexibility index (Phi) is 6.67. The van der Waals surface area contributed by atoms with Crippen molar-refractivity contribution in [2.24, 2.45) is 15.9 Å². The molecular weight excluding hydrogens is 647 g/mol. The lowest BCUT2D eigenvalue weighted by Crippen LogP contribution is -2.43. The van der Waals surface area contributed by atoms with Gasteiger partial charge in [0.15, 0.2) is 6.17 Å². The molecule has 0 radical (unpaired) electrons. The molecule has 6 aromatic rings. The van der Waals surface area contributed by atoms with E-state index < -0.39 is 0 Å². The molecule has 11 rings (SSSR count). The van der Waals surface area contributed by atoms with Gasteiger partial charge in [0.2, 0.25) is 5.96 Å². The molecule has 258 valence electrons. The van der Waals surface area contributed by atoms with Crippen molar-refractivity contribution in [3.8, 4) is 11.1 Å². The fourth-order valence-corrected chi connectivity index (χ4v) is 9.64. The molecule has 5 heteroatoms. The molecule has 0 saturated heterocycles. The zero-order chi connectivity index (χ0) is 35.3. The van der Waals surface area contributed by atoms with E-state index in [4.69, 9.17) is 9.98 Å². The highest BCUT2D eigenvalue weighted by Gasteiger charge is 2.37. The standard InChI is InChI=1S/C48H41N5/c1-48(2)39-22-12-9-19-33(39)36-28-38-35-21-11-14-24-42(35)53(44(38)29-40(36)48)47-50-45(30-15-5-3-6-16-30)49-46(51-47)31-25-26-43-37(27-31)34-20-10-13-23-41(34)52(43)32-17-7-4-8-18-32/h3,5-7,9,11-19,21-26,28-29,31,45H,4,8,10,20,27H2,1-2H3,(H,49,50,51). The van der Waals surface area contributed by atoms with Crippen molar-refractivity contribution >= 4 is 51.5 Å². The van der Waals surface area contributed by atoms with Crippen LogP contribution < -0.4 is 5.32 Å². The van der Waals surface area contributed by atoms with Crippen LogP contribution in [0.4, 0.5) is 0 Å². The molecule has 1 N–H and O–H groups in total. The van der Waals surface area contributed by atoms with Gasteiger partial charge in [-0.15, -0.1) is 0 Å². The number of hydrogen-bond acceptors (Lipinski definition) is 3. The third-order valence-electron chi connectivity index (χ3n) is 12.2. The Bertz CT molecular complexity index is 2700. The predicted octanol–water partition coefficient (Wildman–Crippen LogP) is 10.8. The smallest absolute Gasteiger partial charge is 0.211 e. The zero-order valence-electron chi connectivity index (χ0n) is 30.2. The van der Waals surface area contributed by atoms with Crippen LogP contribution in [0, 0.1) is 5.92 Å². The first kappa shape index (κ1) is 30.7. The quantitative estimate of drug-likeness (QED) is 0.198. The van der Waals surface area contributed by atoms with Gasteiger partial charge in [-0.1, -0.05) is 111 Å². The Morgan fingerprint density at radius 2 is 1.49 bits per heavy atom. The molecule has 4 aliphatic carbocycles. The monoisotopic (exact) mass is 687 g/mol. The Balaban J connectivity index is 1.06. The van der Waals surface area contributed by atoms with Gasteiger partial charge < -0.3 is 9.88 Å². The fourth-order valence-electron chi connectivity index (χ4n) is 9.64. The van der Waals surface area contributed by atoms with Gasteiger partial charge in [-0.05, 0) is 107 Å². The third-order valence-corrected chi connectivity index (χ3v) is 12.2. The lowest BCUT2D eigenvalue weighted by atomic mass is 9.82. The average molecular weight is 688 g/mol. The van der Waals surface area contributed by atoms with Crippen molar-refractivity contribution in [2.45, 2.75) is 57.5 Å². The predicted molar refractivity (Wildman–Crippen MR) is 220 cm³/mol. The molecule has 0 fully saturated rings. The molecule has 0 saturated carbocycles. The second kappa shape index (κ2) is 11.5. The number of amidine groups is 1. The first-order valence-corrected chi connectivity index (χ1v) is 19.2. The summed E-state index contributed by atoms with van der Waals surface area (Å²) in [4.78, 5) is 10.8. The summed E-state index contributed by atoms with van der Waals surface area (Å²) in [5.41, 5.74) is 15.6. The van der Waals surface area contributed by atoms with Gasteiger partial charge in [0.25, 0.3) is 0 Å². The van der Waals surface area contributed by atoms with Crippen LogP contribution in [0.3, 0.4) is 0 Å². The highest BCUT2D eigenvalue weighted by atomic mass is 15.3. The minimum absolute atomic E-state index is 0.0896. The summed E-state index contributed by atoms with van der Waals surface area (Å²) in [6.45, 7) is 4.71.